The van der Waals surface area contributed by atoms with Crippen molar-refractivity contribution in [3.63, 3.8) is 0 Å². The summed E-state index contributed by atoms with van der Waals surface area (Å²) < 4.78 is 0. The molecule has 3 aromatic rings. The van der Waals surface area contributed by atoms with E-state index in [1.54, 1.807) is 0 Å². The zero-order valence-electron chi connectivity index (χ0n) is 15.6. The van der Waals surface area contributed by atoms with Crippen LogP contribution in [0.1, 0.15) is 18.4 Å². The number of H-pyrrole nitrogens is 1. The maximum absolute atomic E-state index is 6.21. The molecule has 1 fully saturated rings. The number of rotatable bonds is 6. The number of piperidine rings is 1. The van der Waals surface area contributed by atoms with E-state index in [1.165, 1.54) is 25.9 Å². The molecule has 2 aromatic heterocycles. The number of anilines is 2. The summed E-state index contributed by atoms with van der Waals surface area (Å²) in [4.78, 5) is 10.2. The van der Waals surface area contributed by atoms with Crippen LogP contribution in [0.4, 0.5) is 11.5 Å². The molecule has 0 spiro atoms. The molecule has 142 valence electrons. The van der Waals surface area contributed by atoms with Gasteiger partial charge in [0, 0.05) is 47.1 Å². The van der Waals surface area contributed by atoms with Crippen molar-refractivity contribution < 1.29 is 0 Å². The fourth-order valence-electron chi connectivity index (χ4n) is 3.62. The predicted octanol–water partition coefficient (Wildman–Crippen LogP) is 4.58. The molecule has 4 rings (SSSR count). The van der Waals surface area contributed by atoms with E-state index in [-0.39, 0.29) is 0 Å². The van der Waals surface area contributed by atoms with Crippen molar-refractivity contribution in [1.82, 2.24) is 14.9 Å². The number of pyridine rings is 1. The van der Waals surface area contributed by atoms with Gasteiger partial charge in [0.25, 0.3) is 0 Å². The van der Waals surface area contributed by atoms with Crippen molar-refractivity contribution >= 4 is 34.0 Å². The Hall–Kier alpha value is -2.24. The molecule has 1 aliphatic rings. The largest absolute Gasteiger partial charge is 0.380 e. The fourth-order valence-corrected chi connectivity index (χ4v) is 3.84. The molecule has 3 heterocycles. The average molecular weight is 384 g/mol. The summed E-state index contributed by atoms with van der Waals surface area (Å²) in [5, 5.41) is 8.82. The number of hydrogen-bond donors (Lipinski definition) is 3. The van der Waals surface area contributed by atoms with E-state index in [0.29, 0.717) is 6.54 Å². The van der Waals surface area contributed by atoms with Gasteiger partial charge in [0.05, 0.1) is 0 Å². The lowest BCUT2D eigenvalue weighted by atomic mass is 9.97. The van der Waals surface area contributed by atoms with Gasteiger partial charge in [0.1, 0.15) is 5.82 Å². The van der Waals surface area contributed by atoms with Gasteiger partial charge in [0.2, 0.25) is 0 Å². The van der Waals surface area contributed by atoms with Gasteiger partial charge in [-0.05, 0) is 68.7 Å². The van der Waals surface area contributed by atoms with Crippen molar-refractivity contribution in [2.45, 2.75) is 19.4 Å². The van der Waals surface area contributed by atoms with Crippen molar-refractivity contribution in [2.24, 2.45) is 5.92 Å². The second-order valence-electron chi connectivity index (χ2n) is 7.43. The summed E-state index contributed by atoms with van der Waals surface area (Å²) in [5.41, 5.74) is 3.21. The van der Waals surface area contributed by atoms with E-state index in [2.05, 4.69) is 50.7 Å². The van der Waals surface area contributed by atoms with Crippen LogP contribution in [0.25, 0.3) is 10.9 Å². The summed E-state index contributed by atoms with van der Waals surface area (Å²) >= 11 is 6.21. The third kappa shape index (κ3) is 4.54. The number of likely N-dealkylation sites (tertiary alicyclic amines) is 1. The molecule has 1 saturated heterocycles. The van der Waals surface area contributed by atoms with E-state index in [1.807, 2.05) is 24.5 Å². The summed E-state index contributed by atoms with van der Waals surface area (Å²) in [6, 6.07) is 10.1. The maximum Gasteiger partial charge on any atom is 0.125 e. The van der Waals surface area contributed by atoms with E-state index < -0.39 is 0 Å². The number of nitrogens with zero attached hydrogens (tertiary/aromatic N) is 2. The molecule has 6 heteroatoms. The summed E-state index contributed by atoms with van der Waals surface area (Å²) in [7, 11) is 2.20. The minimum atomic E-state index is 0.711. The van der Waals surface area contributed by atoms with Crippen LogP contribution < -0.4 is 10.6 Å². The molecule has 0 unspecified atom stereocenters. The molecule has 0 radical (unpaired) electrons. The smallest absolute Gasteiger partial charge is 0.125 e. The zero-order chi connectivity index (χ0) is 18.6. The van der Waals surface area contributed by atoms with Gasteiger partial charge in [-0.2, -0.15) is 0 Å². The van der Waals surface area contributed by atoms with Gasteiger partial charge in [0.15, 0.2) is 0 Å². The Morgan fingerprint density at radius 3 is 2.81 bits per heavy atom. The molecule has 0 atom stereocenters. The first kappa shape index (κ1) is 18.1. The Kier molecular flexibility index (Phi) is 5.50. The fraction of sp³-hybridized carbons (Fsp3) is 0.381. The van der Waals surface area contributed by atoms with E-state index in [4.69, 9.17) is 11.6 Å². The van der Waals surface area contributed by atoms with Crippen molar-refractivity contribution in [1.29, 1.82) is 0 Å². The highest BCUT2D eigenvalue weighted by molar-refractivity contribution is 6.31. The van der Waals surface area contributed by atoms with Crippen LogP contribution in [-0.2, 0) is 6.54 Å². The van der Waals surface area contributed by atoms with Crippen molar-refractivity contribution in [3.05, 3.63) is 53.3 Å². The summed E-state index contributed by atoms with van der Waals surface area (Å²) in [5.74, 6) is 1.70. The highest BCUT2D eigenvalue weighted by Crippen LogP contribution is 2.27. The van der Waals surface area contributed by atoms with Crippen LogP contribution >= 0.6 is 11.6 Å². The minimum absolute atomic E-state index is 0.711. The Bertz CT molecular complexity index is 881. The SMILES string of the molecule is CN1CCC(CNc2ccc(CNc3cc(Cl)cc4[nH]ccc34)cn2)CC1. The molecule has 1 aromatic carbocycles. The van der Waals surface area contributed by atoms with E-state index in [0.717, 1.165) is 45.5 Å². The highest BCUT2D eigenvalue weighted by Gasteiger charge is 2.16. The Balaban J connectivity index is 1.32. The monoisotopic (exact) mass is 383 g/mol. The lowest BCUT2D eigenvalue weighted by Gasteiger charge is -2.29. The number of aromatic amines is 1. The number of hydrogen-bond acceptors (Lipinski definition) is 4. The molecule has 0 aliphatic carbocycles. The topological polar surface area (TPSA) is 56.0 Å². The maximum atomic E-state index is 6.21. The Labute approximate surface area is 165 Å². The number of halogens is 1. The molecular formula is C21H26ClN5. The van der Waals surface area contributed by atoms with Gasteiger partial charge in [-0.3, -0.25) is 0 Å². The van der Waals surface area contributed by atoms with Crippen LogP contribution in [-0.4, -0.2) is 41.5 Å². The molecule has 0 saturated carbocycles. The van der Waals surface area contributed by atoms with Crippen LogP contribution in [0.3, 0.4) is 0 Å². The average Bonchev–Trinajstić information content (AvgIpc) is 3.15. The second kappa shape index (κ2) is 8.19. The van der Waals surface area contributed by atoms with Crippen molar-refractivity contribution in [3.8, 4) is 0 Å². The minimum Gasteiger partial charge on any atom is -0.380 e. The van der Waals surface area contributed by atoms with Crippen LogP contribution in [0.2, 0.25) is 5.02 Å². The van der Waals surface area contributed by atoms with Gasteiger partial charge in [-0.1, -0.05) is 17.7 Å². The molecule has 0 amide bonds. The molecule has 1 aliphatic heterocycles. The molecule has 3 N–H and O–H groups in total. The molecule has 0 bridgehead atoms. The van der Waals surface area contributed by atoms with E-state index in [9.17, 15) is 0 Å². The second-order valence-corrected chi connectivity index (χ2v) is 7.86. The summed E-state index contributed by atoms with van der Waals surface area (Å²) in [6.07, 6.45) is 6.39. The van der Waals surface area contributed by atoms with Gasteiger partial charge in [-0.25, -0.2) is 4.98 Å². The third-order valence-corrected chi connectivity index (χ3v) is 5.57. The van der Waals surface area contributed by atoms with Gasteiger partial charge < -0.3 is 20.5 Å². The molecule has 5 nitrogen and oxygen atoms in total. The van der Waals surface area contributed by atoms with Gasteiger partial charge in [-0.15, -0.1) is 0 Å². The van der Waals surface area contributed by atoms with Gasteiger partial charge >= 0.3 is 0 Å². The van der Waals surface area contributed by atoms with Crippen molar-refractivity contribution in [2.75, 3.05) is 37.3 Å². The third-order valence-electron chi connectivity index (χ3n) is 5.35. The molecular weight excluding hydrogens is 358 g/mol. The first-order valence-electron chi connectivity index (χ1n) is 9.55. The molecule has 27 heavy (non-hydrogen) atoms. The highest BCUT2D eigenvalue weighted by atomic mass is 35.5. The van der Waals surface area contributed by atoms with Crippen LogP contribution in [0, 0.1) is 5.92 Å². The first-order chi connectivity index (χ1) is 13.2. The Morgan fingerprint density at radius 2 is 2.04 bits per heavy atom. The Morgan fingerprint density at radius 1 is 1.19 bits per heavy atom. The lowest BCUT2D eigenvalue weighted by Crippen LogP contribution is -2.33. The zero-order valence-corrected chi connectivity index (χ0v) is 16.4. The lowest BCUT2D eigenvalue weighted by molar-refractivity contribution is 0.226. The summed E-state index contributed by atoms with van der Waals surface area (Å²) in [6.45, 7) is 4.11. The number of fused-ring (bicyclic) bond motifs is 1. The van der Waals surface area contributed by atoms with Crippen LogP contribution in [0.15, 0.2) is 42.7 Å². The standard InChI is InChI=1S/C21H26ClN5/c1-27-8-5-15(6-9-27)12-25-21-3-2-16(14-26-21)13-24-20-11-17(22)10-19-18(20)4-7-23-19/h2-4,7,10-11,14-15,23-24H,5-6,8-9,12-13H2,1H3,(H,25,26). The number of nitrogens with one attached hydrogen (secondary N) is 3. The van der Waals surface area contributed by atoms with E-state index >= 15 is 0 Å². The first-order valence-corrected chi connectivity index (χ1v) is 9.93. The quantitative estimate of drug-likeness (QED) is 0.583. The normalized spacial score (nSPS) is 15.9. The number of aromatic nitrogens is 2. The van der Waals surface area contributed by atoms with Crippen LogP contribution in [0.5, 0.6) is 0 Å². The predicted molar refractivity (Wildman–Crippen MR) is 114 cm³/mol. The number of benzene rings is 1.